The maximum absolute atomic E-state index is 2.26. The predicted molar refractivity (Wildman–Crippen MR) is 53.1 cm³/mol. The monoisotopic (exact) mass is 166 g/mol. The molecular weight excluding hydrogens is 152 g/mol. The van der Waals surface area contributed by atoms with Crippen LogP contribution in [0.5, 0.6) is 0 Å². The molecule has 0 bridgehead atoms. The van der Waals surface area contributed by atoms with Crippen molar-refractivity contribution < 1.29 is 0 Å². The first-order valence-electron chi connectivity index (χ1n) is 3.85. The van der Waals surface area contributed by atoms with Crippen LogP contribution in [-0.2, 0) is 0 Å². The molecule has 0 aromatic carbocycles. The van der Waals surface area contributed by atoms with Gasteiger partial charge in [0.15, 0.2) is 0 Å². The van der Waals surface area contributed by atoms with Gasteiger partial charge < -0.3 is 0 Å². The van der Waals surface area contributed by atoms with Crippen molar-refractivity contribution in [1.82, 2.24) is 0 Å². The van der Waals surface area contributed by atoms with Gasteiger partial charge in [-0.25, -0.2) is 0 Å². The molecule has 1 aromatic rings. The van der Waals surface area contributed by atoms with Crippen LogP contribution in [0.15, 0.2) is 12.1 Å². The van der Waals surface area contributed by atoms with E-state index in [0.717, 1.165) is 0 Å². The summed E-state index contributed by atoms with van der Waals surface area (Å²) in [4.78, 5) is 2.84. The van der Waals surface area contributed by atoms with Crippen LogP contribution in [0.3, 0.4) is 0 Å². The van der Waals surface area contributed by atoms with Gasteiger partial charge in [0.2, 0.25) is 0 Å². The number of hydrogen-bond donors (Lipinski definition) is 0. The molecule has 0 fully saturated rings. The third kappa shape index (κ3) is 1.72. The Labute approximate surface area is 72.6 Å². The zero-order valence-corrected chi connectivity index (χ0v) is 8.38. The molecule has 0 saturated carbocycles. The Hall–Kier alpha value is -0.560. The molecule has 1 heterocycles. The third-order valence-electron chi connectivity index (χ3n) is 1.99. The summed E-state index contributed by atoms with van der Waals surface area (Å²) in [6.45, 7) is 8.58. The maximum atomic E-state index is 2.26. The molecule has 0 aliphatic carbocycles. The lowest BCUT2D eigenvalue weighted by molar-refractivity contribution is 1.44. The fourth-order valence-electron chi connectivity index (χ4n) is 0.910. The van der Waals surface area contributed by atoms with Crippen molar-refractivity contribution in [2.24, 2.45) is 0 Å². The highest BCUT2D eigenvalue weighted by Crippen LogP contribution is 2.26. The minimum Gasteiger partial charge on any atom is -0.141 e. The summed E-state index contributed by atoms with van der Waals surface area (Å²) < 4.78 is 0. The van der Waals surface area contributed by atoms with Gasteiger partial charge >= 0.3 is 0 Å². The van der Waals surface area contributed by atoms with Gasteiger partial charge in [-0.1, -0.05) is 6.08 Å². The molecule has 0 N–H and O–H groups in total. The summed E-state index contributed by atoms with van der Waals surface area (Å²) >= 11 is 1.88. The van der Waals surface area contributed by atoms with E-state index in [0.29, 0.717) is 0 Å². The molecule has 0 atom stereocenters. The van der Waals surface area contributed by atoms with Crippen molar-refractivity contribution in [3.05, 3.63) is 27.5 Å². The van der Waals surface area contributed by atoms with Crippen LogP contribution in [0.4, 0.5) is 0 Å². The van der Waals surface area contributed by atoms with Gasteiger partial charge in [0.25, 0.3) is 0 Å². The van der Waals surface area contributed by atoms with E-state index in [1.165, 1.54) is 20.9 Å². The Morgan fingerprint density at radius 2 is 2.09 bits per heavy atom. The smallest absolute Gasteiger partial charge is 0.0301 e. The lowest BCUT2D eigenvalue weighted by Crippen LogP contribution is -1.68. The van der Waals surface area contributed by atoms with E-state index in [9.17, 15) is 0 Å². The highest BCUT2D eigenvalue weighted by molar-refractivity contribution is 7.13. The Morgan fingerprint density at radius 1 is 1.45 bits per heavy atom. The van der Waals surface area contributed by atoms with Crippen LogP contribution in [0.1, 0.15) is 29.2 Å². The summed E-state index contributed by atoms with van der Waals surface area (Å²) in [7, 11) is 0. The quantitative estimate of drug-likeness (QED) is 0.595. The van der Waals surface area contributed by atoms with E-state index in [1.54, 1.807) is 0 Å². The fourth-order valence-corrected chi connectivity index (χ4v) is 1.97. The van der Waals surface area contributed by atoms with Crippen molar-refractivity contribution >= 4 is 16.9 Å². The predicted octanol–water partition coefficient (Wildman–Crippen LogP) is 3.79. The van der Waals surface area contributed by atoms with E-state index >= 15 is 0 Å². The van der Waals surface area contributed by atoms with Gasteiger partial charge in [0, 0.05) is 9.75 Å². The van der Waals surface area contributed by atoms with Crippen molar-refractivity contribution in [2.75, 3.05) is 0 Å². The second kappa shape index (κ2) is 3.22. The molecule has 0 nitrogen and oxygen atoms in total. The summed E-state index contributed by atoms with van der Waals surface area (Å²) in [6, 6.07) is 2.26. The summed E-state index contributed by atoms with van der Waals surface area (Å²) in [5.41, 5.74) is 2.79. The van der Waals surface area contributed by atoms with Crippen LogP contribution < -0.4 is 0 Å². The van der Waals surface area contributed by atoms with Gasteiger partial charge in [-0.3, -0.25) is 0 Å². The molecule has 0 unspecified atom stereocenters. The molecule has 0 aliphatic heterocycles. The average molecular weight is 166 g/mol. The van der Waals surface area contributed by atoms with E-state index in [2.05, 4.69) is 39.8 Å². The lowest BCUT2D eigenvalue weighted by Gasteiger charge is -1.91. The first kappa shape index (κ1) is 8.54. The number of hydrogen-bond acceptors (Lipinski definition) is 1. The number of aryl methyl sites for hydroxylation is 2. The number of rotatable bonds is 1. The second-order valence-corrected chi connectivity index (χ2v) is 4.08. The molecule has 0 amide bonds. The van der Waals surface area contributed by atoms with Crippen LogP contribution in [0.2, 0.25) is 0 Å². The van der Waals surface area contributed by atoms with Gasteiger partial charge in [0.1, 0.15) is 0 Å². The van der Waals surface area contributed by atoms with Crippen LogP contribution in [0, 0.1) is 13.8 Å². The molecule has 1 rings (SSSR count). The second-order valence-electron chi connectivity index (χ2n) is 2.82. The van der Waals surface area contributed by atoms with E-state index in [4.69, 9.17) is 0 Å². The van der Waals surface area contributed by atoms with E-state index in [1.807, 2.05) is 11.3 Å². The number of thiophene rings is 1. The average Bonchev–Trinajstić information content (AvgIpc) is 2.31. The number of allylic oxidation sites excluding steroid dienone is 2. The SMILES string of the molecule is C/C=C(\C)c1cc(C)c(C)s1. The molecule has 0 spiro atoms. The highest BCUT2D eigenvalue weighted by Gasteiger charge is 2.01. The van der Waals surface area contributed by atoms with Crippen LogP contribution in [0.25, 0.3) is 5.57 Å². The maximum Gasteiger partial charge on any atom is 0.0301 e. The Kier molecular flexibility index (Phi) is 2.50. The zero-order valence-electron chi connectivity index (χ0n) is 7.56. The molecule has 1 heteroatoms. The highest BCUT2D eigenvalue weighted by atomic mass is 32.1. The van der Waals surface area contributed by atoms with Crippen molar-refractivity contribution in [3.63, 3.8) is 0 Å². The molecule has 0 aliphatic rings. The van der Waals surface area contributed by atoms with Gasteiger partial charge in [0.05, 0.1) is 0 Å². The zero-order chi connectivity index (χ0) is 8.43. The minimum atomic E-state index is 1.38. The van der Waals surface area contributed by atoms with Crippen molar-refractivity contribution in [3.8, 4) is 0 Å². The topological polar surface area (TPSA) is 0 Å². The summed E-state index contributed by atoms with van der Waals surface area (Å²) in [5.74, 6) is 0. The standard InChI is InChI=1S/C10H14S/c1-5-7(2)10-6-8(3)9(4)11-10/h5-6H,1-4H3/b7-5+. The third-order valence-corrected chi connectivity index (χ3v) is 3.28. The molecular formula is C10H14S. The first-order valence-corrected chi connectivity index (χ1v) is 4.67. The normalized spacial score (nSPS) is 12.2. The van der Waals surface area contributed by atoms with Crippen LogP contribution in [-0.4, -0.2) is 0 Å². The molecule has 1 aromatic heterocycles. The van der Waals surface area contributed by atoms with E-state index < -0.39 is 0 Å². The Bertz CT molecular complexity index is 260. The lowest BCUT2D eigenvalue weighted by atomic mass is 10.2. The van der Waals surface area contributed by atoms with Gasteiger partial charge in [-0.15, -0.1) is 11.3 Å². The van der Waals surface area contributed by atoms with E-state index in [-0.39, 0.29) is 0 Å². The van der Waals surface area contributed by atoms with Gasteiger partial charge in [-0.05, 0) is 44.9 Å². The largest absolute Gasteiger partial charge is 0.141 e. The molecule has 11 heavy (non-hydrogen) atoms. The molecule has 0 saturated heterocycles. The summed E-state index contributed by atoms with van der Waals surface area (Å²) in [6.07, 6.45) is 2.16. The summed E-state index contributed by atoms with van der Waals surface area (Å²) in [5, 5.41) is 0. The van der Waals surface area contributed by atoms with Crippen molar-refractivity contribution in [1.29, 1.82) is 0 Å². The fraction of sp³-hybridized carbons (Fsp3) is 0.400. The van der Waals surface area contributed by atoms with Crippen LogP contribution >= 0.6 is 11.3 Å². The first-order chi connectivity index (χ1) is 5.15. The van der Waals surface area contributed by atoms with Gasteiger partial charge in [-0.2, -0.15) is 0 Å². The van der Waals surface area contributed by atoms with Crippen molar-refractivity contribution in [2.45, 2.75) is 27.7 Å². The molecule has 0 radical (unpaired) electrons. The Morgan fingerprint density at radius 3 is 2.45 bits per heavy atom. The minimum absolute atomic E-state index is 1.38. The Balaban J connectivity index is 3.07. The molecule has 60 valence electrons.